The van der Waals surface area contributed by atoms with E-state index in [1.165, 1.54) is 12.1 Å². The molecule has 1 aromatic carbocycles. The first-order chi connectivity index (χ1) is 10.7. The summed E-state index contributed by atoms with van der Waals surface area (Å²) in [5.41, 5.74) is 0.854. The van der Waals surface area contributed by atoms with Crippen LogP contribution in [0.25, 0.3) is 0 Å². The van der Waals surface area contributed by atoms with Gasteiger partial charge in [-0.05, 0) is 49.0 Å². The van der Waals surface area contributed by atoms with E-state index in [-0.39, 0.29) is 5.82 Å². The molecule has 1 atom stereocenters. The molecule has 7 heteroatoms. The Morgan fingerprint density at radius 2 is 1.96 bits per heavy atom. The number of amides is 1. The van der Waals surface area contributed by atoms with Crippen LogP contribution in [0.15, 0.2) is 35.9 Å². The van der Waals surface area contributed by atoms with Gasteiger partial charge in [0.05, 0.1) is 0 Å². The van der Waals surface area contributed by atoms with Crippen molar-refractivity contribution in [1.82, 2.24) is 5.32 Å². The van der Waals surface area contributed by atoms with Crippen LogP contribution in [0, 0.1) is 5.82 Å². The summed E-state index contributed by atoms with van der Waals surface area (Å²) in [5, 5.41) is 2.79. The minimum Gasteiger partial charge on any atom is -0.346 e. The molecule has 23 heavy (non-hydrogen) atoms. The van der Waals surface area contributed by atoms with Crippen molar-refractivity contribution in [3.63, 3.8) is 0 Å². The molecule has 0 spiro atoms. The van der Waals surface area contributed by atoms with Crippen molar-refractivity contribution >= 4 is 47.0 Å². The van der Waals surface area contributed by atoms with Gasteiger partial charge in [0, 0.05) is 5.54 Å². The highest BCUT2D eigenvalue weighted by Gasteiger charge is 2.39. The largest absolute Gasteiger partial charge is 0.346 e. The fourth-order valence-corrected chi connectivity index (χ4v) is 2.79. The molecule has 0 saturated heterocycles. The van der Waals surface area contributed by atoms with Crippen LogP contribution in [0.5, 0.6) is 0 Å². The molecule has 0 aromatic heterocycles. The molecule has 1 amide bonds. The van der Waals surface area contributed by atoms with Gasteiger partial charge < -0.3 is 5.32 Å². The number of carbonyl (C=O) groups is 2. The molecule has 0 aliphatic heterocycles. The van der Waals surface area contributed by atoms with Crippen molar-refractivity contribution in [1.29, 1.82) is 0 Å². The Morgan fingerprint density at radius 3 is 2.43 bits per heavy atom. The Kier molecular flexibility index (Phi) is 5.71. The standard InChI is InChI=1S/C16H15Cl3FNO2/c17-16(18,19)14(23)21-15(7-5-12(10-22)6-8-15)9-11-1-3-13(20)4-2-11/h1-5,10H,6-9H2,(H,21,23). The molecule has 1 aliphatic rings. The second kappa shape index (κ2) is 7.20. The van der Waals surface area contributed by atoms with Crippen molar-refractivity contribution in [3.05, 3.63) is 47.3 Å². The topological polar surface area (TPSA) is 46.2 Å². The highest BCUT2D eigenvalue weighted by atomic mass is 35.6. The van der Waals surface area contributed by atoms with Crippen LogP contribution in [0.1, 0.15) is 24.8 Å². The molecular formula is C16H15Cl3FNO2. The van der Waals surface area contributed by atoms with Gasteiger partial charge in [-0.2, -0.15) is 0 Å². The van der Waals surface area contributed by atoms with Crippen LogP contribution in [0.2, 0.25) is 0 Å². The number of alkyl halides is 3. The fourth-order valence-electron chi connectivity index (χ4n) is 2.64. The molecule has 0 radical (unpaired) electrons. The Bertz CT molecular complexity index is 625. The van der Waals surface area contributed by atoms with Crippen LogP contribution in [0.3, 0.4) is 0 Å². The minimum absolute atomic E-state index is 0.333. The van der Waals surface area contributed by atoms with Crippen LogP contribution in [-0.2, 0) is 16.0 Å². The van der Waals surface area contributed by atoms with E-state index in [9.17, 15) is 14.0 Å². The van der Waals surface area contributed by atoms with E-state index in [0.717, 1.165) is 11.8 Å². The van der Waals surface area contributed by atoms with Crippen molar-refractivity contribution in [2.24, 2.45) is 0 Å². The van der Waals surface area contributed by atoms with E-state index in [1.807, 2.05) is 0 Å². The Balaban J connectivity index is 2.25. The third-order valence-corrected chi connectivity index (χ3v) is 4.41. The van der Waals surface area contributed by atoms with Gasteiger partial charge in [-0.1, -0.05) is 53.0 Å². The summed E-state index contributed by atoms with van der Waals surface area (Å²) in [6, 6.07) is 6.01. The van der Waals surface area contributed by atoms with E-state index < -0.39 is 15.2 Å². The van der Waals surface area contributed by atoms with Crippen molar-refractivity contribution in [2.75, 3.05) is 0 Å². The number of rotatable bonds is 4. The predicted octanol–water partition coefficient (Wildman–Crippen LogP) is 3.90. The third-order valence-electron chi connectivity index (χ3n) is 3.89. The lowest BCUT2D eigenvalue weighted by Crippen LogP contribution is -2.54. The summed E-state index contributed by atoms with van der Waals surface area (Å²) >= 11 is 16.9. The van der Waals surface area contributed by atoms with E-state index in [0.29, 0.717) is 31.3 Å². The van der Waals surface area contributed by atoms with Crippen LogP contribution < -0.4 is 5.32 Å². The minimum atomic E-state index is -2.07. The molecule has 0 saturated carbocycles. The molecule has 124 valence electrons. The lowest BCUT2D eigenvalue weighted by Gasteiger charge is -2.38. The summed E-state index contributed by atoms with van der Waals surface area (Å²) < 4.78 is 11.0. The first-order valence-corrected chi connectivity index (χ1v) is 8.15. The molecule has 1 aromatic rings. The average Bonchev–Trinajstić information content (AvgIpc) is 2.49. The Hall–Kier alpha value is -1.10. The second-order valence-electron chi connectivity index (χ2n) is 5.64. The summed E-state index contributed by atoms with van der Waals surface area (Å²) in [6.07, 6.45) is 4.51. The average molecular weight is 379 g/mol. The fraction of sp³-hybridized carbons (Fsp3) is 0.375. The van der Waals surface area contributed by atoms with Gasteiger partial charge in [0.1, 0.15) is 12.1 Å². The maximum Gasteiger partial charge on any atom is 0.272 e. The molecule has 3 nitrogen and oxygen atoms in total. The molecule has 0 bridgehead atoms. The highest BCUT2D eigenvalue weighted by molar-refractivity contribution is 6.76. The van der Waals surface area contributed by atoms with Crippen LogP contribution in [-0.4, -0.2) is 21.5 Å². The highest BCUT2D eigenvalue weighted by Crippen LogP contribution is 2.33. The van der Waals surface area contributed by atoms with E-state index in [4.69, 9.17) is 34.8 Å². The summed E-state index contributed by atoms with van der Waals surface area (Å²) in [5.74, 6) is -1.05. The maximum atomic E-state index is 13.1. The van der Waals surface area contributed by atoms with Gasteiger partial charge >= 0.3 is 0 Å². The van der Waals surface area contributed by atoms with Gasteiger partial charge in [-0.3, -0.25) is 9.59 Å². The van der Waals surface area contributed by atoms with Crippen LogP contribution >= 0.6 is 34.8 Å². The van der Waals surface area contributed by atoms with Crippen molar-refractivity contribution in [3.8, 4) is 0 Å². The number of hydrogen-bond donors (Lipinski definition) is 1. The molecule has 0 heterocycles. The molecular weight excluding hydrogens is 364 g/mol. The van der Waals surface area contributed by atoms with Gasteiger partial charge in [-0.15, -0.1) is 0 Å². The van der Waals surface area contributed by atoms with Gasteiger partial charge in [0.2, 0.25) is 0 Å². The first kappa shape index (κ1) is 18.2. The lowest BCUT2D eigenvalue weighted by molar-refractivity contribution is -0.122. The zero-order valence-corrected chi connectivity index (χ0v) is 14.4. The third kappa shape index (κ3) is 4.93. The zero-order valence-electron chi connectivity index (χ0n) is 12.1. The maximum absolute atomic E-state index is 13.1. The van der Waals surface area contributed by atoms with Gasteiger partial charge in [0.15, 0.2) is 0 Å². The SMILES string of the molecule is O=CC1=CCC(Cc2ccc(F)cc2)(NC(=O)C(Cl)(Cl)Cl)CC1. The Morgan fingerprint density at radius 1 is 1.30 bits per heavy atom. The normalized spacial score (nSPS) is 21.5. The molecule has 0 fully saturated rings. The van der Waals surface area contributed by atoms with Crippen molar-refractivity contribution in [2.45, 2.75) is 35.0 Å². The molecule has 1 aliphatic carbocycles. The van der Waals surface area contributed by atoms with Gasteiger partial charge in [-0.25, -0.2) is 4.39 Å². The van der Waals surface area contributed by atoms with Crippen molar-refractivity contribution < 1.29 is 14.0 Å². The smallest absolute Gasteiger partial charge is 0.272 e. The predicted molar refractivity (Wildman–Crippen MR) is 89.3 cm³/mol. The van der Waals surface area contributed by atoms with Gasteiger partial charge in [0.25, 0.3) is 9.70 Å². The number of nitrogens with one attached hydrogen (secondary N) is 1. The summed E-state index contributed by atoms with van der Waals surface area (Å²) in [7, 11) is 0. The quantitative estimate of drug-likeness (QED) is 0.638. The number of allylic oxidation sites excluding steroid dienone is 1. The summed E-state index contributed by atoms with van der Waals surface area (Å²) in [4.78, 5) is 23.0. The van der Waals surface area contributed by atoms with E-state index in [2.05, 4.69) is 5.32 Å². The monoisotopic (exact) mass is 377 g/mol. The number of benzene rings is 1. The van der Waals surface area contributed by atoms with Crippen LogP contribution in [0.4, 0.5) is 4.39 Å². The molecule has 1 unspecified atom stereocenters. The van der Waals surface area contributed by atoms with E-state index >= 15 is 0 Å². The molecule has 1 N–H and O–H groups in total. The Labute approximate surface area is 148 Å². The number of aldehydes is 1. The summed E-state index contributed by atoms with van der Waals surface area (Å²) in [6.45, 7) is 0. The second-order valence-corrected chi connectivity index (χ2v) is 7.92. The van der Waals surface area contributed by atoms with E-state index in [1.54, 1.807) is 18.2 Å². The number of halogens is 4. The first-order valence-electron chi connectivity index (χ1n) is 7.02. The lowest BCUT2D eigenvalue weighted by atomic mass is 9.78. The zero-order chi connectivity index (χ0) is 17.1. The number of carbonyl (C=O) groups excluding carboxylic acids is 2. The molecule has 2 rings (SSSR count). The number of hydrogen-bond acceptors (Lipinski definition) is 2.